The molecule has 0 spiro atoms. The van der Waals surface area contributed by atoms with E-state index in [1.807, 2.05) is 0 Å². The third-order valence-corrected chi connectivity index (χ3v) is 4.29. The van der Waals surface area contributed by atoms with Crippen molar-refractivity contribution in [3.63, 3.8) is 0 Å². The number of rotatable bonds is 3. The Hall–Kier alpha value is -0.0400. The zero-order chi connectivity index (χ0) is 13.4. The SMILES string of the molecule is CC(CC(C)(C)C)N(C)C(C)(C)C(C)(C)C. The van der Waals surface area contributed by atoms with Gasteiger partial charge < -0.3 is 0 Å². The Morgan fingerprint density at radius 2 is 1.25 bits per heavy atom. The van der Waals surface area contributed by atoms with Gasteiger partial charge in [0, 0.05) is 11.6 Å². The largest absolute Gasteiger partial charge is 0.298 e. The van der Waals surface area contributed by atoms with Gasteiger partial charge in [0.05, 0.1) is 0 Å². The van der Waals surface area contributed by atoms with Crippen molar-refractivity contribution < 1.29 is 0 Å². The van der Waals surface area contributed by atoms with Crippen LogP contribution in [-0.4, -0.2) is 23.5 Å². The van der Waals surface area contributed by atoms with Gasteiger partial charge in [-0.1, -0.05) is 41.5 Å². The first-order chi connectivity index (χ1) is 6.79. The highest BCUT2D eigenvalue weighted by Crippen LogP contribution is 2.37. The van der Waals surface area contributed by atoms with Crippen molar-refractivity contribution in [2.75, 3.05) is 7.05 Å². The highest BCUT2D eigenvalue weighted by atomic mass is 15.2. The van der Waals surface area contributed by atoms with Crippen molar-refractivity contribution >= 4 is 0 Å². The quantitative estimate of drug-likeness (QED) is 0.683. The summed E-state index contributed by atoms with van der Waals surface area (Å²) < 4.78 is 0. The molecule has 1 unspecified atom stereocenters. The fourth-order valence-corrected chi connectivity index (χ4v) is 2.10. The molecule has 0 saturated carbocycles. The second-order valence-electron chi connectivity index (χ2n) is 8.03. The van der Waals surface area contributed by atoms with Crippen molar-refractivity contribution in [3.05, 3.63) is 0 Å². The molecule has 0 bridgehead atoms. The minimum Gasteiger partial charge on any atom is -0.298 e. The smallest absolute Gasteiger partial charge is 0.0201 e. The maximum absolute atomic E-state index is 2.54. The van der Waals surface area contributed by atoms with Crippen molar-refractivity contribution in [2.24, 2.45) is 10.8 Å². The van der Waals surface area contributed by atoms with Gasteiger partial charge >= 0.3 is 0 Å². The second kappa shape index (κ2) is 4.68. The van der Waals surface area contributed by atoms with Crippen LogP contribution in [0.15, 0.2) is 0 Å². The maximum Gasteiger partial charge on any atom is 0.0201 e. The lowest BCUT2D eigenvalue weighted by atomic mass is 9.74. The summed E-state index contributed by atoms with van der Waals surface area (Å²) in [5.74, 6) is 0. The maximum atomic E-state index is 2.54. The monoisotopic (exact) mass is 227 g/mol. The topological polar surface area (TPSA) is 3.24 Å². The van der Waals surface area contributed by atoms with Crippen LogP contribution in [0, 0.1) is 10.8 Å². The summed E-state index contributed by atoms with van der Waals surface area (Å²) in [5.41, 5.74) is 0.924. The summed E-state index contributed by atoms with van der Waals surface area (Å²) in [5, 5.41) is 0. The molecule has 0 amide bonds. The molecule has 1 atom stereocenters. The molecule has 0 aliphatic carbocycles. The van der Waals surface area contributed by atoms with Gasteiger partial charge in [-0.15, -0.1) is 0 Å². The summed E-state index contributed by atoms with van der Waals surface area (Å²) in [6.45, 7) is 21.0. The van der Waals surface area contributed by atoms with Crippen molar-refractivity contribution in [1.29, 1.82) is 0 Å². The van der Waals surface area contributed by atoms with E-state index >= 15 is 0 Å². The summed E-state index contributed by atoms with van der Waals surface area (Å²) in [6, 6.07) is 0.620. The Kier molecular flexibility index (Phi) is 4.67. The van der Waals surface area contributed by atoms with Crippen LogP contribution in [0.3, 0.4) is 0 Å². The third kappa shape index (κ3) is 4.08. The van der Waals surface area contributed by atoms with Crippen LogP contribution in [-0.2, 0) is 0 Å². The lowest BCUT2D eigenvalue weighted by Gasteiger charge is -2.49. The average Bonchev–Trinajstić information content (AvgIpc) is 1.97. The van der Waals surface area contributed by atoms with E-state index in [9.17, 15) is 0 Å². The molecule has 0 aromatic heterocycles. The Balaban J connectivity index is 4.74. The molecular formula is C15H33N. The van der Waals surface area contributed by atoms with Crippen molar-refractivity contribution in [3.8, 4) is 0 Å². The van der Waals surface area contributed by atoms with Gasteiger partial charge in [-0.25, -0.2) is 0 Å². The molecule has 98 valence electrons. The van der Waals surface area contributed by atoms with E-state index in [0.29, 0.717) is 16.9 Å². The first kappa shape index (κ1) is 16.0. The fourth-order valence-electron chi connectivity index (χ4n) is 2.10. The fraction of sp³-hybridized carbons (Fsp3) is 1.00. The predicted molar refractivity (Wildman–Crippen MR) is 74.8 cm³/mol. The van der Waals surface area contributed by atoms with Crippen LogP contribution in [0.25, 0.3) is 0 Å². The number of hydrogen-bond acceptors (Lipinski definition) is 1. The van der Waals surface area contributed by atoms with Crippen LogP contribution in [0.4, 0.5) is 0 Å². The van der Waals surface area contributed by atoms with E-state index < -0.39 is 0 Å². The van der Waals surface area contributed by atoms with Crippen LogP contribution in [0.2, 0.25) is 0 Å². The van der Waals surface area contributed by atoms with Gasteiger partial charge in [-0.2, -0.15) is 0 Å². The summed E-state index contributed by atoms with van der Waals surface area (Å²) in [4.78, 5) is 2.54. The molecule has 0 saturated heterocycles. The van der Waals surface area contributed by atoms with E-state index in [1.54, 1.807) is 0 Å². The molecule has 1 nitrogen and oxygen atoms in total. The van der Waals surface area contributed by atoms with Crippen LogP contribution >= 0.6 is 0 Å². The molecule has 0 aromatic rings. The van der Waals surface area contributed by atoms with E-state index in [4.69, 9.17) is 0 Å². The van der Waals surface area contributed by atoms with Crippen LogP contribution < -0.4 is 0 Å². The normalized spacial score (nSPS) is 16.7. The first-order valence-corrected chi connectivity index (χ1v) is 6.52. The second-order valence-corrected chi connectivity index (χ2v) is 8.03. The standard InChI is InChI=1S/C15H33N/c1-12(11-13(2,3)4)16(10)15(8,9)14(5,6)7/h12H,11H2,1-10H3. The van der Waals surface area contributed by atoms with Crippen LogP contribution in [0.1, 0.15) is 68.7 Å². The Bertz CT molecular complexity index is 215. The van der Waals surface area contributed by atoms with E-state index in [-0.39, 0.29) is 5.54 Å². The summed E-state index contributed by atoms with van der Waals surface area (Å²) in [7, 11) is 2.27. The minimum absolute atomic E-state index is 0.220. The molecule has 0 aliphatic heterocycles. The van der Waals surface area contributed by atoms with Gasteiger partial charge in [-0.05, 0) is 45.1 Å². The zero-order valence-corrected chi connectivity index (χ0v) is 13.2. The predicted octanol–water partition coefficient (Wildman–Crippen LogP) is 4.57. The van der Waals surface area contributed by atoms with Crippen molar-refractivity contribution in [1.82, 2.24) is 4.90 Å². The molecule has 1 heteroatoms. The van der Waals surface area contributed by atoms with Gasteiger partial charge in [0.25, 0.3) is 0 Å². The number of nitrogens with zero attached hydrogens (tertiary/aromatic N) is 1. The lowest BCUT2D eigenvalue weighted by Crippen LogP contribution is -2.54. The average molecular weight is 227 g/mol. The lowest BCUT2D eigenvalue weighted by molar-refractivity contribution is 0.00420. The minimum atomic E-state index is 0.220. The zero-order valence-electron chi connectivity index (χ0n) is 13.2. The first-order valence-electron chi connectivity index (χ1n) is 6.52. The van der Waals surface area contributed by atoms with Gasteiger partial charge in [-0.3, -0.25) is 4.90 Å². The van der Waals surface area contributed by atoms with Gasteiger partial charge in [0.2, 0.25) is 0 Å². The van der Waals surface area contributed by atoms with Crippen molar-refractivity contribution in [2.45, 2.75) is 80.3 Å². The summed E-state index contributed by atoms with van der Waals surface area (Å²) in [6.07, 6.45) is 1.24. The molecule has 0 fully saturated rings. The van der Waals surface area contributed by atoms with E-state index in [0.717, 1.165) is 0 Å². The number of hydrogen-bond donors (Lipinski definition) is 0. The Labute approximate surface area is 104 Å². The van der Waals surface area contributed by atoms with Crippen LogP contribution in [0.5, 0.6) is 0 Å². The van der Waals surface area contributed by atoms with Gasteiger partial charge in [0.1, 0.15) is 0 Å². The highest BCUT2D eigenvalue weighted by molar-refractivity contribution is 4.93. The van der Waals surface area contributed by atoms with Gasteiger partial charge in [0.15, 0.2) is 0 Å². The molecular weight excluding hydrogens is 194 g/mol. The Morgan fingerprint density at radius 1 is 0.875 bits per heavy atom. The third-order valence-electron chi connectivity index (χ3n) is 4.29. The highest BCUT2D eigenvalue weighted by Gasteiger charge is 2.38. The van der Waals surface area contributed by atoms with E-state index in [2.05, 4.69) is 74.3 Å². The Morgan fingerprint density at radius 3 is 1.50 bits per heavy atom. The molecule has 0 radical (unpaired) electrons. The molecule has 0 N–H and O–H groups in total. The molecule has 0 heterocycles. The molecule has 0 rings (SSSR count). The summed E-state index contributed by atoms with van der Waals surface area (Å²) >= 11 is 0. The molecule has 0 aliphatic rings. The molecule has 16 heavy (non-hydrogen) atoms. The molecule has 0 aromatic carbocycles. The van der Waals surface area contributed by atoms with E-state index in [1.165, 1.54) is 6.42 Å².